The van der Waals surface area contributed by atoms with E-state index in [2.05, 4.69) is 5.29 Å². The summed E-state index contributed by atoms with van der Waals surface area (Å²) in [6.07, 6.45) is 0.735. The first kappa shape index (κ1) is 8.36. The highest BCUT2D eigenvalue weighted by molar-refractivity contribution is 4.60. The third-order valence-electron chi connectivity index (χ3n) is 1.34. The highest BCUT2D eigenvalue weighted by Crippen LogP contribution is 1.99. The van der Waals surface area contributed by atoms with Crippen molar-refractivity contribution < 1.29 is 5.11 Å². The number of nitrogens with zero attached hydrogens (tertiary/aromatic N) is 2. The number of aliphatic hydroxyl groups is 1. The molecule has 0 aromatic rings. The molecule has 1 unspecified atom stereocenters. The quantitative estimate of drug-likeness (QED) is 0.444. The number of likely N-dealkylation sites (N-methyl/N-ethyl adjacent to an activating group) is 1. The van der Waals surface area contributed by atoms with Crippen molar-refractivity contribution in [1.29, 1.82) is 0 Å². The lowest BCUT2D eigenvalue weighted by Crippen LogP contribution is -2.29. The molecule has 0 bridgehead atoms. The predicted octanol–water partition coefficient (Wildman–Crippen LogP) is 0.370. The van der Waals surface area contributed by atoms with Crippen molar-refractivity contribution in [3.63, 3.8) is 0 Å². The summed E-state index contributed by atoms with van der Waals surface area (Å²) in [6.45, 7) is 1.88. The first-order valence-electron chi connectivity index (χ1n) is 2.93. The minimum absolute atomic E-state index is 0.0151. The smallest absolute Gasteiger partial charge is 0.0727 e. The van der Waals surface area contributed by atoms with E-state index in [0.29, 0.717) is 0 Å². The summed E-state index contributed by atoms with van der Waals surface area (Å²) in [5.41, 5.74) is 0. The monoisotopic (exact) mass is 132 g/mol. The highest BCUT2D eigenvalue weighted by Gasteiger charge is 2.08. The van der Waals surface area contributed by atoms with E-state index in [-0.39, 0.29) is 12.6 Å². The van der Waals surface area contributed by atoms with E-state index in [4.69, 9.17) is 5.11 Å². The van der Waals surface area contributed by atoms with Crippen LogP contribution in [0.1, 0.15) is 13.3 Å². The molecular formula is C5H12N2O2. The maximum Gasteiger partial charge on any atom is 0.0727 e. The Labute approximate surface area is 54.4 Å². The zero-order valence-corrected chi connectivity index (χ0v) is 5.74. The second-order valence-corrected chi connectivity index (χ2v) is 1.90. The zero-order chi connectivity index (χ0) is 7.28. The molecule has 0 heterocycles. The topological polar surface area (TPSA) is 52.9 Å². The van der Waals surface area contributed by atoms with Gasteiger partial charge in [-0.3, -0.25) is 5.01 Å². The summed E-state index contributed by atoms with van der Waals surface area (Å²) >= 11 is 0. The van der Waals surface area contributed by atoms with Crippen LogP contribution in [-0.4, -0.2) is 29.8 Å². The fourth-order valence-corrected chi connectivity index (χ4v) is 0.578. The van der Waals surface area contributed by atoms with Crippen molar-refractivity contribution in [3.05, 3.63) is 4.91 Å². The van der Waals surface area contributed by atoms with Crippen molar-refractivity contribution in [2.24, 2.45) is 5.29 Å². The molecule has 0 rings (SSSR count). The van der Waals surface area contributed by atoms with Crippen LogP contribution in [0.15, 0.2) is 5.29 Å². The number of hydrogen-bond acceptors (Lipinski definition) is 3. The first-order valence-corrected chi connectivity index (χ1v) is 2.93. The molecule has 0 aromatic heterocycles. The van der Waals surface area contributed by atoms with Crippen LogP contribution in [0.3, 0.4) is 0 Å². The average Bonchev–Trinajstić information content (AvgIpc) is 1.90. The summed E-state index contributed by atoms with van der Waals surface area (Å²) in [5, 5.41) is 12.5. The second-order valence-electron chi connectivity index (χ2n) is 1.90. The van der Waals surface area contributed by atoms with Gasteiger partial charge in [-0.25, -0.2) is 0 Å². The summed E-state index contributed by atoms with van der Waals surface area (Å²) in [6, 6.07) is -0.123. The molecule has 0 saturated heterocycles. The third kappa shape index (κ3) is 2.41. The minimum atomic E-state index is -0.123. The minimum Gasteiger partial charge on any atom is -0.394 e. The van der Waals surface area contributed by atoms with Crippen LogP contribution in [0.2, 0.25) is 0 Å². The molecule has 0 fully saturated rings. The molecule has 4 heteroatoms. The van der Waals surface area contributed by atoms with Gasteiger partial charge in [0.15, 0.2) is 0 Å². The van der Waals surface area contributed by atoms with Crippen molar-refractivity contribution in [2.75, 3.05) is 13.7 Å². The van der Waals surface area contributed by atoms with Gasteiger partial charge in [0, 0.05) is 7.05 Å². The molecule has 4 nitrogen and oxygen atoms in total. The molecule has 54 valence electrons. The van der Waals surface area contributed by atoms with Gasteiger partial charge in [-0.1, -0.05) is 6.92 Å². The molecule has 0 spiro atoms. The van der Waals surface area contributed by atoms with E-state index in [1.54, 1.807) is 7.05 Å². The van der Waals surface area contributed by atoms with Crippen molar-refractivity contribution in [2.45, 2.75) is 19.4 Å². The van der Waals surface area contributed by atoms with Gasteiger partial charge in [0.05, 0.1) is 17.9 Å². The maximum absolute atomic E-state index is 9.83. The first-order chi connectivity index (χ1) is 4.26. The fraction of sp³-hybridized carbons (Fsp3) is 1.00. The van der Waals surface area contributed by atoms with Crippen LogP contribution in [0.4, 0.5) is 0 Å². The Hall–Kier alpha value is -0.640. The van der Waals surface area contributed by atoms with Gasteiger partial charge >= 0.3 is 0 Å². The van der Waals surface area contributed by atoms with Crippen LogP contribution in [0.5, 0.6) is 0 Å². The van der Waals surface area contributed by atoms with Crippen molar-refractivity contribution in [1.82, 2.24) is 5.01 Å². The molecule has 9 heavy (non-hydrogen) atoms. The van der Waals surface area contributed by atoms with Crippen molar-refractivity contribution in [3.8, 4) is 0 Å². The summed E-state index contributed by atoms with van der Waals surface area (Å²) in [7, 11) is 1.55. The Morgan fingerprint density at radius 1 is 1.78 bits per heavy atom. The van der Waals surface area contributed by atoms with Gasteiger partial charge in [-0.2, -0.15) is 0 Å². The Bertz CT molecular complexity index is 83.0. The lowest BCUT2D eigenvalue weighted by atomic mass is 10.2. The van der Waals surface area contributed by atoms with E-state index < -0.39 is 0 Å². The highest BCUT2D eigenvalue weighted by atomic mass is 16.3. The van der Waals surface area contributed by atoms with Gasteiger partial charge in [0.25, 0.3) is 0 Å². The molecule has 0 radical (unpaired) electrons. The average molecular weight is 132 g/mol. The van der Waals surface area contributed by atoms with Crippen LogP contribution in [0, 0.1) is 4.91 Å². The molecule has 0 aliphatic carbocycles. The van der Waals surface area contributed by atoms with Gasteiger partial charge in [0.2, 0.25) is 0 Å². The number of nitroso groups, excluding NO2 is 1. The number of hydrogen-bond donors (Lipinski definition) is 1. The normalized spacial score (nSPS) is 12.8. The summed E-state index contributed by atoms with van der Waals surface area (Å²) < 4.78 is 0. The molecule has 0 aromatic carbocycles. The van der Waals surface area contributed by atoms with E-state index >= 15 is 0 Å². The Balaban J connectivity index is 3.63. The lowest BCUT2D eigenvalue weighted by molar-refractivity contribution is 0.146. The van der Waals surface area contributed by atoms with Crippen LogP contribution in [0.25, 0.3) is 0 Å². The standard InChI is InChI=1S/C5H12N2O2/c1-3-5(4-8)7(2)6-9/h5,8H,3-4H2,1-2H3. The summed E-state index contributed by atoms with van der Waals surface area (Å²) in [5.74, 6) is 0. The largest absolute Gasteiger partial charge is 0.394 e. The molecule has 0 amide bonds. The van der Waals surface area contributed by atoms with Crippen LogP contribution in [-0.2, 0) is 0 Å². The lowest BCUT2D eigenvalue weighted by Gasteiger charge is -2.17. The molecular weight excluding hydrogens is 120 g/mol. The molecule has 0 saturated carbocycles. The van der Waals surface area contributed by atoms with Gasteiger partial charge in [-0.15, -0.1) is 4.91 Å². The molecule has 1 N–H and O–H groups in total. The molecule has 0 aliphatic rings. The SMILES string of the molecule is CCC(CO)N(C)N=O. The van der Waals surface area contributed by atoms with Gasteiger partial charge in [0.1, 0.15) is 0 Å². The van der Waals surface area contributed by atoms with Crippen LogP contribution >= 0.6 is 0 Å². The maximum atomic E-state index is 9.83. The van der Waals surface area contributed by atoms with Crippen molar-refractivity contribution >= 4 is 0 Å². The van der Waals surface area contributed by atoms with E-state index in [1.165, 1.54) is 5.01 Å². The van der Waals surface area contributed by atoms with E-state index in [0.717, 1.165) is 6.42 Å². The van der Waals surface area contributed by atoms with Gasteiger partial charge in [-0.05, 0) is 6.42 Å². The predicted molar refractivity (Wildman–Crippen MR) is 34.7 cm³/mol. The summed E-state index contributed by atoms with van der Waals surface area (Å²) in [4.78, 5) is 9.83. The Kier molecular flexibility index (Phi) is 3.96. The Morgan fingerprint density at radius 2 is 2.33 bits per heavy atom. The third-order valence-corrected chi connectivity index (χ3v) is 1.34. The molecule has 1 atom stereocenters. The fourth-order valence-electron chi connectivity index (χ4n) is 0.578. The number of rotatable bonds is 4. The Morgan fingerprint density at radius 3 is 2.44 bits per heavy atom. The van der Waals surface area contributed by atoms with E-state index in [9.17, 15) is 4.91 Å². The zero-order valence-electron chi connectivity index (χ0n) is 5.74. The van der Waals surface area contributed by atoms with Crippen LogP contribution < -0.4 is 0 Å². The second kappa shape index (κ2) is 4.26. The molecule has 0 aliphatic heterocycles. The van der Waals surface area contributed by atoms with E-state index in [1.807, 2.05) is 6.92 Å². The number of aliphatic hydroxyl groups excluding tert-OH is 1. The van der Waals surface area contributed by atoms with Gasteiger partial charge < -0.3 is 5.11 Å².